The molecule has 1 saturated carbocycles. The lowest BCUT2D eigenvalue weighted by atomic mass is 9.82. The third-order valence-electron chi connectivity index (χ3n) is 6.74. The second kappa shape index (κ2) is 7.51. The molecule has 7 heteroatoms. The maximum Gasteiger partial charge on any atom is 0.338 e. The van der Waals surface area contributed by atoms with Gasteiger partial charge in [-0.2, -0.15) is 0 Å². The number of anilines is 1. The van der Waals surface area contributed by atoms with Gasteiger partial charge in [0.2, 0.25) is 11.8 Å². The summed E-state index contributed by atoms with van der Waals surface area (Å²) in [5.74, 6) is -2.31. The van der Waals surface area contributed by atoms with E-state index in [0.717, 1.165) is 18.6 Å². The summed E-state index contributed by atoms with van der Waals surface area (Å²) in [7, 11) is 0. The number of ketones is 1. The lowest BCUT2D eigenvalue weighted by Crippen LogP contribution is -2.32. The number of carbonyl (C=O) groups is 4. The summed E-state index contributed by atoms with van der Waals surface area (Å²) in [4.78, 5) is 51.6. The first kappa shape index (κ1) is 20.3. The molecule has 3 aliphatic rings. The van der Waals surface area contributed by atoms with Gasteiger partial charge in [0.15, 0.2) is 12.4 Å². The largest absolute Gasteiger partial charge is 0.454 e. The van der Waals surface area contributed by atoms with Gasteiger partial charge in [-0.3, -0.25) is 19.3 Å². The predicted molar refractivity (Wildman–Crippen MR) is 112 cm³/mol. The summed E-state index contributed by atoms with van der Waals surface area (Å²) >= 11 is 0. The van der Waals surface area contributed by atoms with Gasteiger partial charge < -0.3 is 4.74 Å². The molecule has 2 aromatic carbocycles. The standard InChI is InChI=1S/C25H20FNO5/c1-13-10-16-11-19(13)22-21(16)23(29)27(24(22)30)18-8-4-15(5-9-18)25(31)32-12-20(28)14-2-6-17(26)7-3-14/h2-10,16,19,21-22H,11-12H2,1H3/t16-,19+,21+,22+/m0/s1. The molecule has 0 radical (unpaired) electrons. The second-order valence-electron chi connectivity index (χ2n) is 8.53. The molecule has 162 valence electrons. The van der Waals surface area contributed by atoms with Crippen molar-refractivity contribution < 1.29 is 28.3 Å². The van der Waals surface area contributed by atoms with E-state index in [9.17, 15) is 23.6 Å². The van der Waals surface area contributed by atoms with E-state index in [-0.39, 0.29) is 46.6 Å². The number of fused-ring (bicyclic) bond motifs is 5. The van der Waals surface area contributed by atoms with Crippen molar-refractivity contribution in [2.45, 2.75) is 13.3 Å². The van der Waals surface area contributed by atoms with E-state index in [2.05, 4.69) is 6.08 Å². The molecule has 4 atom stereocenters. The Bertz CT molecular complexity index is 1170. The smallest absolute Gasteiger partial charge is 0.338 e. The average Bonchev–Trinajstić information content (AvgIpc) is 3.42. The first-order valence-electron chi connectivity index (χ1n) is 10.5. The first-order chi connectivity index (χ1) is 15.3. The van der Waals surface area contributed by atoms with Crippen molar-refractivity contribution in [1.29, 1.82) is 0 Å². The third-order valence-corrected chi connectivity index (χ3v) is 6.74. The van der Waals surface area contributed by atoms with Crippen LogP contribution in [-0.4, -0.2) is 30.2 Å². The Labute approximate surface area is 183 Å². The number of halogens is 1. The van der Waals surface area contributed by atoms with Crippen molar-refractivity contribution in [3.63, 3.8) is 0 Å². The zero-order valence-corrected chi connectivity index (χ0v) is 17.3. The van der Waals surface area contributed by atoms with Crippen molar-refractivity contribution in [2.75, 3.05) is 11.5 Å². The molecule has 2 amide bonds. The van der Waals surface area contributed by atoms with Gasteiger partial charge >= 0.3 is 5.97 Å². The van der Waals surface area contributed by atoms with Gasteiger partial charge in [-0.05, 0) is 73.7 Å². The van der Waals surface area contributed by atoms with Gasteiger partial charge in [0.1, 0.15) is 5.82 Å². The molecule has 32 heavy (non-hydrogen) atoms. The van der Waals surface area contributed by atoms with Crippen molar-refractivity contribution in [3.05, 3.63) is 77.1 Å². The quantitative estimate of drug-likeness (QED) is 0.312. The van der Waals surface area contributed by atoms with Crippen LogP contribution in [0.2, 0.25) is 0 Å². The topological polar surface area (TPSA) is 80.8 Å². The van der Waals surface area contributed by atoms with Crippen molar-refractivity contribution in [2.24, 2.45) is 23.7 Å². The Kier molecular flexibility index (Phi) is 4.77. The average molecular weight is 433 g/mol. The maximum atomic E-state index is 13.0. The lowest BCUT2D eigenvalue weighted by molar-refractivity contribution is -0.123. The van der Waals surface area contributed by atoms with Crippen LogP contribution in [0.5, 0.6) is 0 Å². The zero-order chi connectivity index (χ0) is 22.6. The van der Waals surface area contributed by atoms with E-state index in [1.54, 1.807) is 0 Å². The van der Waals surface area contributed by atoms with Crippen LogP contribution in [0.3, 0.4) is 0 Å². The number of hydrogen-bond acceptors (Lipinski definition) is 5. The molecule has 2 aromatic rings. The molecule has 2 bridgehead atoms. The number of esters is 1. The Balaban J connectivity index is 1.25. The van der Waals surface area contributed by atoms with Crippen molar-refractivity contribution in [1.82, 2.24) is 0 Å². The molecule has 0 aromatic heterocycles. The maximum absolute atomic E-state index is 13.0. The number of nitrogens with zero attached hydrogens (tertiary/aromatic N) is 1. The van der Waals surface area contributed by atoms with E-state index in [4.69, 9.17) is 4.74 Å². The molecule has 1 heterocycles. The molecule has 1 saturated heterocycles. The first-order valence-corrected chi connectivity index (χ1v) is 10.5. The monoisotopic (exact) mass is 433 g/mol. The second-order valence-corrected chi connectivity index (χ2v) is 8.53. The van der Waals surface area contributed by atoms with Crippen LogP contribution >= 0.6 is 0 Å². The molecular weight excluding hydrogens is 413 g/mol. The highest BCUT2D eigenvalue weighted by molar-refractivity contribution is 6.23. The number of allylic oxidation sites excluding steroid dienone is 2. The molecular formula is C25H20FNO5. The van der Waals surface area contributed by atoms with Crippen LogP contribution in [0.1, 0.15) is 34.1 Å². The number of Topliss-reactive ketones (excluding diaryl/α,β-unsaturated/α-hetero) is 1. The summed E-state index contributed by atoms with van der Waals surface area (Å²) in [5.41, 5.74) is 2.04. The number of amides is 2. The molecule has 0 N–H and O–H groups in total. The number of hydrogen-bond donors (Lipinski definition) is 0. The molecule has 0 spiro atoms. The minimum absolute atomic E-state index is 0.124. The number of rotatable bonds is 5. The molecule has 0 unspecified atom stereocenters. The molecule has 2 fully saturated rings. The van der Waals surface area contributed by atoms with E-state index < -0.39 is 24.2 Å². The van der Waals surface area contributed by atoms with Gasteiger partial charge in [0.25, 0.3) is 0 Å². The summed E-state index contributed by atoms with van der Waals surface area (Å²) in [6, 6.07) is 11.0. The van der Waals surface area contributed by atoms with Crippen molar-refractivity contribution >= 4 is 29.3 Å². The molecule has 5 rings (SSSR count). The van der Waals surface area contributed by atoms with Crippen molar-refractivity contribution in [3.8, 4) is 0 Å². The van der Waals surface area contributed by atoms with Crippen LogP contribution in [0.25, 0.3) is 0 Å². The molecule has 2 aliphatic carbocycles. The van der Waals surface area contributed by atoms with Crippen LogP contribution < -0.4 is 4.90 Å². The number of carbonyl (C=O) groups excluding carboxylic acids is 4. The van der Waals surface area contributed by atoms with Gasteiger partial charge in [-0.1, -0.05) is 11.6 Å². The predicted octanol–water partition coefficient (Wildman–Crippen LogP) is 3.57. The fraction of sp³-hybridized carbons (Fsp3) is 0.280. The fourth-order valence-corrected chi connectivity index (χ4v) is 5.21. The van der Waals surface area contributed by atoms with Crippen LogP contribution in [0.4, 0.5) is 10.1 Å². The Hall–Kier alpha value is -3.61. The Morgan fingerprint density at radius 1 is 0.969 bits per heavy atom. The number of ether oxygens (including phenoxy) is 1. The van der Waals surface area contributed by atoms with Crippen LogP contribution in [0, 0.1) is 29.5 Å². The number of imide groups is 1. The van der Waals surface area contributed by atoms with Gasteiger partial charge in [0.05, 0.1) is 23.1 Å². The van der Waals surface area contributed by atoms with Crippen LogP contribution in [-0.2, 0) is 14.3 Å². The fourth-order valence-electron chi connectivity index (χ4n) is 5.21. The summed E-state index contributed by atoms with van der Waals surface area (Å²) in [6.07, 6.45) is 2.99. The van der Waals surface area contributed by atoms with E-state index in [1.165, 1.54) is 46.9 Å². The van der Waals surface area contributed by atoms with Gasteiger partial charge in [-0.15, -0.1) is 0 Å². The van der Waals surface area contributed by atoms with Gasteiger partial charge in [-0.25, -0.2) is 9.18 Å². The van der Waals surface area contributed by atoms with E-state index >= 15 is 0 Å². The highest BCUT2D eigenvalue weighted by atomic mass is 19.1. The minimum atomic E-state index is -0.708. The lowest BCUT2D eigenvalue weighted by Gasteiger charge is -2.19. The summed E-state index contributed by atoms with van der Waals surface area (Å²) in [6.45, 7) is 1.54. The summed E-state index contributed by atoms with van der Waals surface area (Å²) in [5, 5.41) is 0. The van der Waals surface area contributed by atoms with E-state index in [1.807, 2.05) is 6.92 Å². The normalized spacial score (nSPS) is 25.7. The van der Waals surface area contributed by atoms with Crippen LogP contribution in [0.15, 0.2) is 60.2 Å². The molecule has 1 aliphatic heterocycles. The SMILES string of the molecule is CC1=C[C@H]2C[C@H]1[C@H]1C(=O)N(c3ccc(C(=O)OCC(=O)c4ccc(F)cc4)cc3)C(=O)[C@@H]12. The Morgan fingerprint density at radius 2 is 1.59 bits per heavy atom. The number of benzene rings is 2. The highest BCUT2D eigenvalue weighted by Gasteiger charge is 2.60. The molecule has 6 nitrogen and oxygen atoms in total. The Morgan fingerprint density at radius 3 is 2.28 bits per heavy atom. The van der Waals surface area contributed by atoms with Gasteiger partial charge in [0, 0.05) is 5.56 Å². The third kappa shape index (κ3) is 3.16. The highest BCUT2D eigenvalue weighted by Crippen LogP contribution is 2.55. The zero-order valence-electron chi connectivity index (χ0n) is 17.3. The minimum Gasteiger partial charge on any atom is -0.454 e. The summed E-state index contributed by atoms with van der Waals surface area (Å²) < 4.78 is 18.0. The van der Waals surface area contributed by atoms with E-state index in [0.29, 0.717) is 5.69 Å².